The minimum Gasteiger partial charge on any atom is -0.437 e. The number of nitrogens with zero attached hydrogens (tertiary/aromatic N) is 1. The Balaban J connectivity index is 1.87. The second-order valence-electron chi connectivity index (χ2n) is 6.75. The molecule has 3 rings (SSSR count). The van der Waals surface area contributed by atoms with Gasteiger partial charge in [0.2, 0.25) is 0 Å². The van der Waals surface area contributed by atoms with Crippen LogP contribution in [0.1, 0.15) is 32.1 Å². The van der Waals surface area contributed by atoms with Crippen molar-refractivity contribution in [3.63, 3.8) is 0 Å². The topological polar surface area (TPSA) is 120 Å². The molecule has 0 spiro atoms. The Bertz CT molecular complexity index is 1220. The molecule has 9 nitrogen and oxygen atoms in total. The Hall–Kier alpha value is -2.89. The van der Waals surface area contributed by atoms with Gasteiger partial charge in [0.1, 0.15) is 21.3 Å². The van der Waals surface area contributed by atoms with Gasteiger partial charge in [0.25, 0.3) is 11.8 Å². The zero-order valence-corrected chi connectivity index (χ0v) is 20.2. The van der Waals surface area contributed by atoms with E-state index in [0.717, 1.165) is 16.9 Å². The SMILES string of the molecule is COC(=O)Oc1c(C)cc(C)c(NC(=O)c2sccc2S(=O)Nc2onc(C)c2Cl)c1C. The molecule has 1 unspecified atom stereocenters. The van der Waals surface area contributed by atoms with Crippen LogP contribution in [0.25, 0.3) is 0 Å². The molecule has 0 fully saturated rings. The smallest absolute Gasteiger partial charge is 0.437 e. The Morgan fingerprint density at radius 2 is 1.94 bits per heavy atom. The van der Waals surface area contributed by atoms with Crippen molar-refractivity contribution in [1.29, 1.82) is 0 Å². The molecule has 1 atom stereocenters. The number of aryl methyl sites for hydroxylation is 3. The second kappa shape index (κ2) is 9.72. The van der Waals surface area contributed by atoms with Crippen LogP contribution >= 0.6 is 22.9 Å². The third kappa shape index (κ3) is 4.79. The summed E-state index contributed by atoms with van der Waals surface area (Å²) in [6.07, 6.45) is -0.861. The van der Waals surface area contributed by atoms with Gasteiger partial charge in [0.15, 0.2) is 11.0 Å². The number of anilines is 2. The number of amides is 1. The number of aromatic nitrogens is 1. The minimum absolute atomic E-state index is 0.0508. The lowest BCUT2D eigenvalue weighted by molar-refractivity contribution is 0.102. The van der Waals surface area contributed by atoms with Crippen molar-refractivity contribution < 1.29 is 27.8 Å². The van der Waals surface area contributed by atoms with Gasteiger partial charge in [-0.15, -0.1) is 11.3 Å². The zero-order chi connectivity index (χ0) is 23.6. The number of halogens is 1. The summed E-state index contributed by atoms with van der Waals surface area (Å²) in [6.45, 7) is 6.97. The molecular formula is C20H20ClN3O6S2. The van der Waals surface area contributed by atoms with Crippen molar-refractivity contribution in [2.24, 2.45) is 0 Å². The first-order chi connectivity index (χ1) is 15.1. The molecular weight excluding hydrogens is 478 g/mol. The highest BCUT2D eigenvalue weighted by molar-refractivity contribution is 7.86. The lowest BCUT2D eigenvalue weighted by Crippen LogP contribution is -2.17. The van der Waals surface area contributed by atoms with Crippen LogP contribution in [0.2, 0.25) is 5.02 Å². The number of methoxy groups -OCH3 is 1. The van der Waals surface area contributed by atoms with Gasteiger partial charge in [-0.2, -0.15) is 0 Å². The first kappa shape index (κ1) is 23.8. The zero-order valence-electron chi connectivity index (χ0n) is 17.8. The van der Waals surface area contributed by atoms with E-state index in [2.05, 4.69) is 19.9 Å². The average molecular weight is 498 g/mol. The van der Waals surface area contributed by atoms with Crippen molar-refractivity contribution in [3.05, 3.63) is 49.8 Å². The van der Waals surface area contributed by atoms with E-state index in [1.54, 1.807) is 38.3 Å². The van der Waals surface area contributed by atoms with E-state index in [1.165, 1.54) is 7.11 Å². The van der Waals surface area contributed by atoms with Crippen LogP contribution in [0, 0.1) is 27.7 Å². The van der Waals surface area contributed by atoms with Gasteiger partial charge in [-0.1, -0.05) is 22.8 Å². The highest BCUT2D eigenvalue weighted by atomic mass is 35.5. The van der Waals surface area contributed by atoms with E-state index in [-0.39, 0.29) is 20.7 Å². The molecule has 0 radical (unpaired) electrons. The molecule has 1 amide bonds. The Morgan fingerprint density at radius 3 is 2.56 bits per heavy atom. The summed E-state index contributed by atoms with van der Waals surface area (Å²) in [7, 11) is -0.611. The van der Waals surface area contributed by atoms with Gasteiger partial charge in [-0.25, -0.2) is 9.00 Å². The average Bonchev–Trinajstić information content (AvgIpc) is 3.36. The molecule has 32 heavy (non-hydrogen) atoms. The van der Waals surface area contributed by atoms with E-state index >= 15 is 0 Å². The molecule has 1 aromatic carbocycles. The van der Waals surface area contributed by atoms with Crippen molar-refractivity contribution in [3.8, 4) is 5.75 Å². The predicted octanol–water partition coefficient (Wildman–Crippen LogP) is 5.16. The third-order valence-corrected chi connectivity index (χ3v) is 7.10. The Morgan fingerprint density at radius 1 is 1.22 bits per heavy atom. The van der Waals surface area contributed by atoms with Crippen LogP contribution < -0.4 is 14.8 Å². The molecule has 3 aromatic rings. The number of rotatable bonds is 6. The molecule has 0 bridgehead atoms. The number of hydrogen-bond donors (Lipinski definition) is 2. The number of nitrogens with one attached hydrogen (secondary N) is 2. The van der Waals surface area contributed by atoms with E-state index < -0.39 is 23.0 Å². The molecule has 12 heteroatoms. The van der Waals surface area contributed by atoms with Gasteiger partial charge >= 0.3 is 6.16 Å². The summed E-state index contributed by atoms with van der Waals surface area (Å²) in [6, 6.07) is 3.35. The number of carbonyl (C=O) groups excluding carboxylic acids is 2. The van der Waals surface area contributed by atoms with Crippen LogP contribution in [0.4, 0.5) is 16.4 Å². The number of benzene rings is 1. The van der Waals surface area contributed by atoms with Gasteiger partial charge in [0, 0.05) is 5.56 Å². The number of thiophene rings is 1. The van der Waals surface area contributed by atoms with E-state index in [0.29, 0.717) is 28.3 Å². The summed E-state index contributed by atoms with van der Waals surface area (Å²) in [4.78, 5) is 25.1. The molecule has 170 valence electrons. The second-order valence-corrected chi connectivity index (χ2v) is 9.22. The fourth-order valence-corrected chi connectivity index (χ4v) is 5.17. The fraction of sp³-hybridized carbons (Fsp3) is 0.250. The van der Waals surface area contributed by atoms with Gasteiger partial charge in [-0.3, -0.25) is 9.52 Å². The summed E-state index contributed by atoms with van der Waals surface area (Å²) in [5, 5.41) is 8.39. The van der Waals surface area contributed by atoms with Crippen LogP contribution in [0.15, 0.2) is 26.9 Å². The molecule has 0 saturated heterocycles. The van der Waals surface area contributed by atoms with Crippen molar-refractivity contribution in [2.45, 2.75) is 32.6 Å². The normalized spacial score (nSPS) is 11.7. The van der Waals surface area contributed by atoms with Gasteiger partial charge in [0.05, 0.1) is 17.7 Å². The molecule has 2 heterocycles. The van der Waals surface area contributed by atoms with Crippen LogP contribution in [0.5, 0.6) is 5.75 Å². The van der Waals surface area contributed by atoms with Gasteiger partial charge < -0.3 is 19.3 Å². The third-order valence-electron chi connectivity index (χ3n) is 4.50. The summed E-state index contributed by atoms with van der Waals surface area (Å²) >= 11 is 7.19. The summed E-state index contributed by atoms with van der Waals surface area (Å²) in [5.41, 5.74) is 2.97. The van der Waals surface area contributed by atoms with Crippen LogP contribution in [-0.2, 0) is 15.7 Å². The molecule has 2 N–H and O–H groups in total. The number of carbonyl (C=O) groups is 2. The molecule has 0 aliphatic heterocycles. The first-order valence-corrected chi connectivity index (χ1v) is 11.6. The Kier molecular flexibility index (Phi) is 7.22. The van der Waals surface area contributed by atoms with Crippen LogP contribution in [0.3, 0.4) is 0 Å². The Labute approximate surface area is 195 Å². The van der Waals surface area contributed by atoms with Gasteiger partial charge in [-0.05, 0) is 50.3 Å². The van der Waals surface area contributed by atoms with Crippen LogP contribution in [-0.4, -0.2) is 28.5 Å². The fourth-order valence-electron chi connectivity index (χ4n) is 2.98. The summed E-state index contributed by atoms with van der Waals surface area (Å²) in [5.74, 6) is -0.122. The standard InChI is InChI=1S/C20H20ClN3O6S2/c1-9-8-10(2)16(29-20(26)28-5)11(3)15(9)22-18(25)17-13(6-7-31-17)32(27)24-19-14(21)12(4)23-30-19/h6-8,24H,1-5H3,(H,22,25). The minimum atomic E-state index is -1.82. The van der Waals surface area contributed by atoms with E-state index in [9.17, 15) is 13.8 Å². The van der Waals surface area contributed by atoms with Crippen molar-refractivity contribution in [1.82, 2.24) is 5.16 Å². The molecule has 2 aromatic heterocycles. The number of hydrogen-bond acceptors (Lipinski definition) is 8. The highest BCUT2D eigenvalue weighted by Crippen LogP contribution is 2.34. The molecule has 0 aliphatic carbocycles. The lowest BCUT2D eigenvalue weighted by atomic mass is 10.0. The summed E-state index contributed by atoms with van der Waals surface area (Å²) < 4.78 is 30.3. The van der Waals surface area contributed by atoms with Crippen molar-refractivity contribution in [2.75, 3.05) is 17.1 Å². The predicted molar refractivity (Wildman–Crippen MR) is 122 cm³/mol. The maximum Gasteiger partial charge on any atom is 0.513 e. The first-order valence-electron chi connectivity index (χ1n) is 9.19. The lowest BCUT2D eigenvalue weighted by Gasteiger charge is -2.17. The number of ether oxygens (including phenoxy) is 2. The molecule has 0 aliphatic rings. The van der Waals surface area contributed by atoms with E-state index in [1.807, 2.05) is 6.92 Å². The maximum absolute atomic E-state index is 13.0. The monoisotopic (exact) mass is 497 g/mol. The van der Waals surface area contributed by atoms with E-state index in [4.69, 9.17) is 20.9 Å². The maximum atomic E-state index is 13.0. The van der Waals surface area contributed by atoms with Crippen molar-refractivity contribution >= 4 is 57.6 Å². The molecule has 0 saturated carbocycles. The highest BCUT2D eigenvalue weighted by Gasteiger charge is 2.23. The largest absolute Gasteiger partial charge is 0.513 e. The quantitative estimate of drug-likeness (QED) is 0.356.